The third-order valence-corrected chi connectivity index (χ3v) is 4.17. The lowest BCUT2D eigenvalue weighted by atomic mass is 10.0. The van der Waals surface area contributed by atoms with E-state index >= 15 is 0 Å². The van der Waals surface area contributed by atoms with Crippen molar-refractivity contribution < 1.29 is 4.42 Å². The molecule has 0 bridgehead atoms. The molecule has 3 heteroatoms. The van der Waals surface area contributed by atoms with E-state index in [2.05, 4.69) is 30.0 Å². The van der Waals surface area contributed by atoms with Crippen LogP contribution in [0.25, 0.3) is 22.1 Å². The second-order valence-corrected chi connectivity index (χ2v) is 6.17. The second-order valence-electron chi connectivity index (χ2n) is 5.74. The molecule has 3 aromatic rings. The maximum Gasteiger partial charge on any atom is 0.204 e. The third kappa shape index (κ3) is 3.13. The summed E-state index contributed by atoms with van der Waals surface area (Å²) >= 11 is 6.04. The number of nitrogens with zero attached hydrogens (tertiary/aromatic N) is 1. The van der Waals surface area contributed by atoms with E-state index in [4.69, 9.17) is 16.0 Å². The van der Waals surface area contributed by atoms with Gasteiger partial charge in [-0.05, 0) is 43.7 Å². The Labute approximate surface area is 142 Å². The summed E-state index contributed by atoms with van der Waals surface area (Å²) in [5.74, 6) is 0.881. The molecule has 2 nitrogen and oxygen atoms in total. The van der Waals surface area contributed by atoms with E-state index in [9.17, 15) is 0 Å². The van der Waals surface area contributed by atoms with Crippen LogP contribution >= 0.6 is 11.6 Å². The van der Waals surface area contributed by atoms with Crippen LogP contribution in [0.4, 0.5) is 5.88 Å². The van der Waals surface area contributed by atoms with Gasteiger partial charge in [-0.1, -0.05) is 47.5 Å². The monoisotopic (exact) mass is 325 g/mol. The van der Waals surface area contributed by atoms with Crippen LogP contribution < -0.4 is 4.90 Å². The zero-order chi connectivity index (χ0) is 16.4. The van der Waals surface area contributed by atoms with Crippen molar-refractivity contribution >= 4 is 28.5 Å². The quantitative estimate of drug-likeness (QED) is 0.541. The average molecular weight is 326 g/mol. The number of halogens is 1. The number of likely N-dealkylation sites (N-methyl/N-ethyl adjacent to an activating group) is 1. The Balaban J connectivity index is 2.22. The highest BCUT2D eigenvalue weighted by Gasteiger charge is 2.18. The van der Waals surface area contributed by atoms with Crippen molar-refractivity contribution in [3.8, 4) is 11.1 Å². The Bertz CT molecular complexity index is 846. The lowest BCUT2D eigenvalue weighted by molar-refractivity contribution is 0.605. The summed E-state index contributed by atoms with van der Waals surface area (Å²) in [4.78, 5) is 2.12. The highest BCUT2D eigenvalue weighted by molar-refractivity contribution is 6.30. The fraction of sp³-hybridized carbons (Fsp3) is 0.200. The highest BCUT2D eigenvalue weighted by atomic mass is 35.5. The summed E-state index contributed by atoms with van der Waals surface area (Å²) in [6, 6.07) is 14.2. The molecule has 0 spiro atoms. The Morgan fingerprint density at radius 1 is 1.13 bits per heavy atom. The largest absolute Gasteiger partial charge is 0.440 e. The molecular formula is C20H20ClNO. The number of furan rings is 1. The number of anilines is 1. The number of fused-ring (bicyclic) bond motifs is 1. The number of benzene rings is 2. The van der Waals surface area contributed by atoms with Gasteiger partial charge in [0.25, 0.3) is 0 Å². The predicted molar refractivity (Wildman–Crippen MR) is 99.5 cm³/mol. The summed E-state index contributed by atoms with van der Waals surface area (Å²) in [5, 5.41) is 1.87. The molecule has 0 amide bonds. The van der Waals surface area contributed by atoms with E-state index < -0.39 is 0 Å². The maximum absolute atomic E-state index is 6.16. The molecule has 0 saturated heterocycles. The molecule has 0 aliphatic carbocycles. The summed E-state index contributed by atoms with van der Waals surface area (Å²) in [6.45, 7) is 4.92. The maximum atomic E-state index is 6.16. The van der Waals surface area contributed by atoms with Gasteiger partial charge in [-0.2, -0.15) is 0 Å². The van der Waals surface area contributed by atoms with Crippen molar-refractivity contribution in [2.75, 3.05) is 18.5 Å². The van der Waals surface area contributed by atoms with Crippen molar-refractivity contribution in [1.82, 2.24) is 0 Å². The molecule has 0 aliphatic heterocycles. The van der Waals surface area contributed by atoms with Gasteiger partial charge in [-0.15, -0.1) is 0 Å². The van der Waals surface area contributed by atoms with E-state index in [0.717, 1.165) is 39.5 Å². The van der Waals surface area contributed by atoms with Gasteiger partial charge in [0.1, 0.15) is 5.58 Å². The lowest BCUT2D eigenvalue weighted by Crippen LogP contribution is -2.16. The first-order chi connectivity index (χ1) is 11.1. The van der Waals surface area contributed by atoms with Gasteiger partial charge in [0.05, 0.1) is 5.56 Å². The van der Waals surface area contributed by atoms with Gasteiger partial charge in [0, 0.05) is 24.0 Å². The molecule has 0 aliphatic rings. The van der Waals surface area contributed by atoms with Crippen LogP contribution in [-0.4, -0.2) is 13.6 Å². The lowest BCUT2D eigenvalue weighted by Gasteiger charge is -2.16. The van der Waals surface area contributed by atoms with Gasteiger partial charge in [-0.25, -0.2) is 0 Å². The number of hydrogen-bond donors (Lipinski definition) is 0. The van der Waals surface area contributed by atoms with E-state index in [1.165, 1.54) is 5.56 Å². The van der Waals surface area contributed by atoms with E-state index in [-0.39, 0.29) is 0 Å². The molecule has 0 fully saturated rings. The van der Waals surface area contributed by atoms with E-state index in [0.29, 0.717) is 0 Å². The van der Waals surface area contributed by atoms with Crippen molar-refractivity contribution in [2.24, 2.45) is 0 Å². The molecule has 118 valence electrons. The van der Waals surface area contributed by atoms with Crippen LogP contribution in [0.2, 0.25) is 5.02 Å². The minimum absolute atomic E-state index is 0.738. The molecule has 0 radical (unpaired) electrons. The summed E-state index contributed by atoms with van der Waals surface area (Å²) in [7, 11) is 2.05. The first-order valence-corrected chi connectivity index (χ1v) is 8.09. The normalized spacial score (nSPS) is 11.5. The molecular weight excluding hydrogens is 306 g/mol. The van der Waals surface area contributed by atoms with Crippen LogP contribution in [0.1, 0.15) is 12.5 Å². The van der Waals surface area contributed by atoms with Crippen LogP contribution in [0.5, 0.6) is 0 Å². The summed E-state index contributed by atoms with van der Waals surface area (Å²) in [6.07, 6.45) is 4.16. The Morgan fingerprint density at radius 3 is 2.57 bits per heavy atom. The smallest absolute Gasteiger partial charge is 0.204 e. The molecule has 23 heavy (non-hydrogen) atoms. The van der Waals surface area contributed by atoms with E-state index in [1.807, 2.05) is 50.4 Å². The summed E-state index contributed by atoms with van der Waals surface area (Å²) in [5.41, 5.74) is 4.35. The minimum Gasteiger partial charge on any atom is -0.440 e. The molecule has 1 aromatic heterocycles. The number of hydrogen-bond acceptors (Lipinski definition) is 2. The third-order valence-electron chi connectivity index (χ3n) is 3.92. The Hall–Kier alpha value is -2.19. The van der Waals surface area contributed by atoms with Crippen LogP contribution in [0, 0.1) is 6.92 Å². The Morgan fingerprint density at radius 2 is 1.87 bits per heavy atom. The van der Waals surface area contributed by atoms with Crippen molar-refractivity contribution in [2.45, 2.75) is 13.8 Å². The zero-order valence-corrected chi connectivity index (χ0v) is 14.4. The standard InChI is InChI=1S/C20H20ClNO/c1-4-5-12-22(3)20-19(15-7-9-16(21)10-8-15)17-13-14(2)6-11-18(17)23-20/h4-11,13H,12H2,1-3H3/b5-4+. The van der Waals surface area contributed by atoms with Crippen molar-refractivity contribution in [3.63, 3.8) is 0 Å². The van der Waals surface area contributed by atoms with Crippen LogP contribution in [-0.2, 0) is 0 Å². The first-order valence-electron chi connectivity index (χ1n) is 7.71. The summed E-state index contributed by atoms with van der Waals surface area (Å²) < 4.78 is 6.16. The average Bonchev–Trinajstić information content (AvgIpc) is 2.92. The van der Waals surface area contributed by atoms with Crippen molar-refractivity contribution in [1.29, 1.82) is 0 Å². The van der Waals surface area contributed by atoms with Gasteiger partial charge in [-0.3, -0.25) is 0 Å². The molecule has 0 atom stereocenters. The Kier molecular flexibility index (Phi) is 4.44. The fourth-order valence-corrected chi connectivity index (χ4v) is 2.84. The molecule has 3 rings (SSSR count). The molecule has 0 saturated carbocycles. The topological polar surface area (TPSA) is 16.4 Å². The predicted octanol–water partition coefficient (Wildman–Crippen LogP) is 6.07. The molecule has 1 heterocycles. The molecule has 0 N–H and O–H groups in total. The zero-order valence-electron chi connectivity index (χ0n) is 13.6. The minimum atomic E-state index is 0.738. The SMILES string of the molecule is C/C=C/CN(C)c1oc2ccc(C)cc2c1-c1ccc(Cl)cc1. The van der Waals surface area contributed by atoms with Crippen LogP contribution in [0.15, 0.2) is 59.0 Å². The van der Waals surface area contributed by atoms with Crippen molar-refractivity contribution in [3.05, 3.63) is 65.2 Å². The van der Waals surface area contributed by atoms with Crippen LogP contribution in [0.3, 0.4) is 0 Å². The van der Waals surface area contributed by atoms with Gasteiger partial charge < -0.3 is 9.32 Å². The fourth-order valence-electron chi connectivity index (χ4n) is 2.71. The van der Waals surface area contributed by atoms with Gasteiger partial charge >= 0.3 is 0 Å². The number of rotatable bonds is 4. The van der Waals surface area contributed by atoms with Gasteiger partial charge in [0.2, 0.25) is 5.88 Å². The number of aryl methyl sites for hydroxylation is 1. The number of allylic oxidation sites excluding steroid dienone is 1. The second kappa shape index (κ2) is 6.51. The van der Waals surface area contributed by atoms with Gasteiger partial charge in [0.15, 0.2) is 0 Å². The molecule has 2 aromatic carbocycles. The first kappa shape index (κ1) is 15.7. The van der Waals surface area contributed by atoms with E-state index in [1.54, 1.807) is 0 Å². The molecule has 0 unspecified atom stereocenters. The highest BCUT2D eigenvalue weighted by Crippen LogP contribution is 2.40.